The van der Waals surface area contributed by atoms with Crippen molar-refractivity contribution in [1.82, 2.24) is 20.5 Å². The van der Waals surface area contributed by atoms with E-state index < -0.39 is 11.7 Å². The molecule has 0 aliphatic carbocycles. The molecule has 3 aromatic rings. The van der Waals surface area contributed by atoms with E-state index in [-0.39, 0.29) is 6.04 Å². The first-order chi connectivity index (χ1) is 13.9. The summed E-state index contributed by atoms with van der Waals surface area (Å²) in [6.07, 6.45) is -1.84. The summed E-state index contributed by atoms with van der Waals surface area (Å²) in [7, 11) is 0. The van der Waals surface area contributed by atoms with E-state index in [1.807, 2.05) is 19.1 Å². The van der Waals surface area contributed by atoms with E-state index in [9.17, 15) is 13.2 Å². The van der Waals surface area contributed by atoms with E-state index in [0.717, 1.165) is 29.1 Å². The molecule has 0 spiro atoms. The third-order valence-corrected chi connectivity index (χ3v) is 4.27. The van der Waals surface area contributed by atoms with Gasteiger partial charge in [0, 0.05) is 30.9 Å². The van der Waals surface area contributed by atoms with Gasteiger partial charge < -0.3 is 10.6 Å². The van der Waals surface area contributed by atoms with Gasteiger partial charge in [0.05, 0.1) is 29.1 Å². The zero-order valence-corrected chi connectivity index (χ0v) is 15.6. The first-order valence-corrected chi connectivity index (χ1v) is 8.90. The Morgan fingerprint density at radius 1 is 1.14 bits per heavy atom. The highest BCUT2D eigenvalue weighted by molar-refractivity contribution is 5.63. The Bertz CT molecular complexity index is 971. The monoisotopic (exact) mass is 400 g/mol. The molecule has 0 radical (unpaired) electrons. The van der Waals surface area contributed by atoms with Crippen LogP contribution in [0, 0.1) is 11.3 Å². The van der Waals surface area contributed by atoms with Crippen LogP contribution in [0.15, 0.2) is 48.8 Å². The Balaban J connectivity index is 1.52. The molecule has 2 aromatic heterocycles. The van der Waals surface area contributed by atoms with Crippen LogP contribution < -0.4 is 10.6 Å². The number of pyridine rings is 1. The van der Waals surface area contributed by atoms with Gasteiger partial charge in [0.15, 0.2) is 0 Å². The first-order valence-electron chi connectivity index (χ1n) is 8.90. The third kappa shape index (κ3) is 5.33. The molecule has 9 heteroatoms. The van der Waals surface area contributed by atoms with Gasteiger partial charge in [-0.1, -0.05) is 12.1 Å². The van der Waals surface area contributed by atoms with Crippen LogP contribution >= 0.6 is 0 Å². The van der Waals surface area contributed by atoms with Gasteiger partial charge in [0.2, 0.25) is 0 Å². The highest BCUT2D eigenvalue weighted by Crippen LogP contribution is 2.28. The fourth-order valence-electron chi connectivity index (χ4n) is 2.78. The van der Waals surface area contributed by atoms with Crippen molar-refractivity contribution in [2.75, 3.05) is 11.9 Å². The minimum Gasteiger partial charge on any atom is -0.366 e. The molecule has 150 valence electrons. The lowest BCUT2D eigenvalue weighted by Gasteiger charge is -2.16. The lowest BCUT2D eigenvalue weighted by molar-refractivity contribution is -0.137. The Hall–Kier alpha value is -3.38. The van der Waals surface area contributed by atoms with Gasteiger partial charge in [-0.05, 0) is 36.8 Å². The maximum Gasteiger partial charge on any atom is 0.417 e. The fraction of sp³-hybridized carbons (Fsp3) is 0.250. The quantitative estimate of drug-likeness (QED) is 0.559. The number of hydrogen-bond donors (Lipinski definition) is 3. The number of aromatic nitrogens is 3. The average Bonchev–Trinajstić information content (AvgIpc) is 3.16. The van der Waals surface area contributed by atoms with Gasteiger partial charge in [-0.2, -0.15) is 23.5 Å². The van der Waals surface area contributed by atoms with Crippen LogP contribution in [0.1, 0.15) is 23.6 Å². The molecule has 0 amide bonds. The van der Waals surface area contributed by atoms with Gasteiger partial charge in [-0.3, -0.25) is 5.10 Å². The Morgan fingerprint density at radius 3 is 2.52 bits per heavy atom. The molecule has 0 aliphatic heterocycles. The minimum atomic E-state index is -4.39. The maximum atomic E-state index is 12.6. The highest BCUT2D eigenvalue weighted by atomic mass is 19.4. The van der Waals surface area contributed by atoms with Crippen LogP contribution in [0.25, 0.3) is 11.3 Å². The summed E-state index contributed by atoms with van der Waals surface area (Å²) in [5.41, 5.74) is 2.58. The maximum absolute atomic E-state index is 12.6. The minimum absolute atomic E-state index is 0.0514. The van der Waals surface area contributed by atoms with Gasteiger partial charge in [-0.25, -0.2) is 4.98 Å². The second-order valence-corrected chi connectivity index (χ2v) is 6.57. The van der Waals surface area contributed by atoms with Crippen molar-refractivity contribution < 1.29 is 13.2 Å². The number of halogens is 3. The average molecular weight is 400 g/mol. The van der Waals surface area contributed by atoms with E-state index in [0.29, 0.717) is 24.5 Å². The Morgan fingerprint density at radius 2 is 1.90 bits per heavy atom. The second kappa shape index (κ2) is 8.75. The van der Waals surface area contributed by atoms with Crippen molar-refractivity contribution in [2.45, 2.75) is 25.7 Å². The summed E-state index contributed by atoms with van der Waals surface area (Å²) in [6, 6.07) is 11.6. The molecular weight excluding hydrogens is 381 g/mol. The summed E-state index contributed by atoms with van der Waals surface area (Å²) >= 11 is 0. The standard InChI is InChI=1S/C20H19F3N6/c1-13(28-18-7-6-17(12-26-18)20(21,22)23)9-25-10-16-11-27-29-19(16)15-4-2-14(8-24)3-5-15/h2-7,11-13,25H,9-10H2,1H3,(H,26,28)(H,27,29)/t13-/m0/s1. The van der Waals surface area contributed by atoms with Crippen molar-refractivity contribution in [3.63, 3.8) is 0 Å². The fourth-order valence-corrected chi connectivity index (χ4v) is 2.78. The van der Waals surface area contributed by atoms with E-state index in [1.54, 1.807) is 18.3 Å². The van der Waals surface area contributed by atoms with Crippen LogP contribution in [-0.4, -0.2) is 27.8 Å². The summed E-state index contributed by atoms with van der Waals surface area (Å²) in [4.78, 5) is 3.81. The molecule has 0 saturated carbocycles. The number of nitriles is 1. The number of nitrogens with zero attached hydrogens (tertiary/aromatic N) is 3. The number of hydrogen-bond acceptors (Lipinski definition) is 5. The van der Waals surface area contributed by atoms with E-state index in [4.69, 9.17) is 5.26 Å². The predicted molar refractivity (Wildman–Crippen MR) is 103 cm³/mol. The molecule has 1 atom stereocenters. The van der Waals surface area contributed by atoms with Crippen LogP contribution in [0.2, 0.25) is 0 Å². The van der Waals surface area contributed by atoms with Gasteiger partial charge in [0.25, 0.3) is 0 Å². The smallest absolute Gasteiger partial charge is 0.366 e. The Labute approximate surface area is 165 Å². The zero-order chi connectivity index (χ0) is 20.9. The molecule has 3 N–H and O–H groups in total. The van der Waals surface area contributed by atoms with Crippen LogP contribution in [-0.2, 0) is 12.7 Å². The van der Waals surface area contributed by atoms with Crippen molar-refractivity contribution in [3.8, 4) is 17.3 Å². The molecular formula is C20H19F3N6. The molecule has 0 bridgehead atoms. The molecule has 0 aliphatic rings. The largest absolute Gasteiger partial charge is 0.417 e. The summed E-state index contributed by atoms with van der Waals surface area (Å²) in [6.45, 7) is 3.03. The van der Waals surface area contributed by atoms with Crippen molar-refractivity contribution in [2.24, 2.45) is 0 Å². The van der Waals surface area contributed by atoms with Crippen molar-refractivity contribution in [1.29, 1.82) is 5.26 Å². The van der Waals surface area contributed by atoms with Crippen LogP contribution in [0.4, 0.5) is 19.0 Å². The van der Waals surface area contributed by atoms with Crippen LogP contribution in [0.3, 0.4) is 0 Å². The van der Waals surface area contributed by atoms with Crippen LogP contribution in [0.5, 0.6) is 0 Å². The lowest BCUT2D eigenvalue weighted by atomic mass is 10.1. The molecule has 6 nitrogen and oxygen atoms in total. The van der Waals surface area contributed by atoms with Gasteiger partial charge in [0.1, 0.15) is 5.82 Å². The van der Waals surface area contributed by atoms with E-state index in [2.05, 4.69) is 31.9 Å². The summed E-state index contributed by atoms with van der Waals surface area (Å²) in [5, 5.41) is 22.3. The topological polar surface area (TPSA) is 89.4 Å². The number of benzene rings is 1. The normalized spacial score (nSPS) is 12.4. The molecule has 29 heavy (non-hydrogen) atoms. The predicted octanol–water partition coefficient (Wildman–Crippen LogP) is 3.95. The number of H-pyrrole nitrogens is 1. The summed E-state index contributed by atoms with van der Waals surface area (Å²) in [5.74, 6) is 0.383. The number of alkyl halides is 3. The van der Waals surface area contributed by atoms with Gasteiger partial charge >= 0.3 is 6.18 Å². The second-order valence-electron chi connectivity index (χ2n) is 6.57. The van der Waals surface area contributed by atoms with Crippen molar-refractivity contribution in [3.05, 3.63) is 65.5 Å². The molecule has 2 heterocycles. The van der Waals surface area contributed by atoms with Crippen molar-refractivity contribution >= 4 is 5.82 Å². The number of aromatic amines is 1. The molecule has 0 unspecified atom stereocenters. The highest BCUT2D eigenvalue weighted by Gasteiger charge is 2.30. The van der Waals surface area contributed by atoms with Gasteiger partial charge in [-0.15, -0.1) is 0 Å². The first kappa shape index (κ1) is 20.4. The molecule has 0 fully saturated rings. The zero-order valence-electron chi connectivity index (χ0n) is 15.6. The molecule has 3 rings (SSSR count). The number of rotatable bonds is 7. The van der Waals surface area contributed by atoms with E-state index in [1.165, 1.54) is 6.07 Å². The Kier molecular flexibility index (Phi) is 6.14. The molecule has 1 aromatic carbocycles. The third-order valence-electron chi connectivity index (χ3n) is 4.27. The number of anilines is 1. The number of nitrogens with one attached hydrogen (secondary N) is 3. The molecule has 0 saturated heterocycles. The van der Waals surface area contributed by atoms with E-state index >= 15 is 0 Å². The summed E-state index contributed by atoms with van der Waals surface area (Å²) < 4.78 is 37.8. The lowest BCUT2D eigenvalue weighted by Crippen LogP contribution is -2.30. The SMILES string of the molecule is C[C@@H](CNCc1cn[nH]c1-c1ccc(C#N)cc1)Nc1ccc(C(F)(F)F)cn1.